The molecule has 84 heavy (non-hydrogen) atoms. The number of hydrogen-bond donors (Lipinski definition) is 0. The van der Waals surface area contributed by atoms with E-state index >= 15 is 0 Å². The second-order valence-electron chi connectivity index (χ2n) is 29.4. The van der Waals surface area contributed by atoms with Gasteiger partial charge < -0.3 is 19.1 Å². The van der Waals surface area contributed by atoms with E-state index in [-0.39, 0.29) is 39.8 Å². The highest BCUT2D eigenvalue weighted by atomic mass is 16.3. The van der Waals surface area contributed by atoms with Crippen LogP contribution in [-0.4, -0.2) is 12.8 Å². The summed E-state index contributed by atoms with van der Waals surface area (Å²) >= 11 is 0. The molecule has 0 spiro atoms. The van der Waals surface area contributed by atoms with Gasteiger partial charge in [0.2, 0.25) is 0 Å². The molecule has 7 aromatic rings. The highest BCUT2D eigenvalue weighted by Gasteiger charge is 2.48. The standard InChI is InChI=1S/C79H84BN3O/c1-16-60(45-59-41-52-25-26-54(43-65(52)79(59,14)15)73-44-53-23-19-20-24-72(53)84-73)81(63-34-27-50-21-17-18-22-51(50)42-63)64-48-70-74-71(49-64)83(62-37-30-56(31-38-62)76(5,6)7)69-40-33-58(78(11,12)13)47-67(69)80(74)66-46-57(77(8,9)10)32-39-68(66)82(70)61-35-28-55(29-36-61)75(2,3)4/h16-30,33-35,37,40-49,61H,1,31-32,36,38-39H2,2-15H3/b60-45+. The number of fused-ring (bicyclic) bond motifs is 6. The van der Waals surface area contributed by atoms with Crippen LogP contribution in [0, 0.1) is 16.2 Å². The molecule has 2 aliphatic heterocycles. The Kier molecular flexibility index (Phi) is 13.2. The smallest absolute Gasteiger partial charge is 0.251 e. The highest BCUT2D eigenvalue weighted by molar-refractivity contribution is 6.95. The van der Waals surface area contributed by atoms with Crippen molar-refractivity contribution in [2.24, 2.45) is 16.2 Å². The van der Waals surface area contributed by atoms with Gasteiger partial charge in [-0.25, -0.2) is 0 Å². The molecule has 0 fully saturated rings. The molecular weight excluding hydrogens is 1020 g/mol. The van der Waals surface area contributed by atoms with Gasteiger partial charge in [-0.1, -0.05) is 224 Å². The summed E-state index contributed by atoms with van der Waals surface area (Å²) in [5, 5.41) is 3.52. The minimum absolute atomic E-state index is 0.0237. The third kappa shape index (κ3) is 9.55. The topological polar surface area (TPSA) is 22.9 Å². The molecule has 0 bridgehead atoms. The summed E-state index contributed by atoms with van der Waals surface area (Å²) in [5.74, 6) is 0.887. The van der Waals surface area contributed by atoms with E-state index in [4.69, 9.17) is 11.0 Å². The zero-order valence-electron chi connectivity index (χ0n) is 52.4. The Labute approximate surface area is 501 Å². The van der Waals surface area contributed by atoms with Crippen LogP contribution < -0.4 is 25.6 Å². The predicted molar refractivity (Wildman–Crippen MR) is 362 cm³/mol. The molecule has 1 atom stereocenters. The van der Waals surface area contributed by atoms with Gasteiger partial charge in [-0.3, -0.25) is 0 Å². The molecule has 13 rings (SSSR count). The minimum atomic E-state index is -0.331. The SMILES string of the molecule is C=C/C(=C\C1=Cc2ccc(-c3cc4ccccc4o3)cc2C1(C)C)N(c1cc2c3c(c1)N(C1C=CC(C(C)(C)C)=CC1)C1=C(C=C(C(C)(C)C)CC1)B3c1cc(C(C)(C)C)ccc1N2C1=CC=C(C(C)(C)C)CC1)c1ccc2ccccc2c1. The zero-order valence-corrected chi connectivity index (χ0v) is 52.4. The quantitative estimate of drug-likeness (QED) is 0.112. The van der Waals surface area contributed by atoms with E-state index < -0.39 is 0 Å². The number of rotatable bonds is 8. The van der Waals surface area contributed by atoms with Crippen molar-refractivity contribution in [3.63, 3.8) is 0 Å². The van der Waals surface area contributed by atoms with Crippen molar-refractivity contribution in [3.8, 4) is 11.3 Å². The Hall–Kier alpha value is -7.76. The van der Waals surface area contributed by atoms with Crippen LogP contribution in [0.3, 0.4) is 0 Å². The maximum atomic E-state index is 6.46. The molecule has 6 aliphatic rings. The van der Waals surface area contributed by atoms with Gasteiger partial charge in [0.25, 0.3) is 6.71 Å². The summed E-state index contributed by atoms with van der Waals surface area (Å²) < 4.78 is 6.46. The normalized spacial score (nSPS) is 18.6. The van der Waals surface area contributed by atoms with Crippen LogP contribution in [0.25, 0.3) is 39.1 Å². The lowest BCUT2D eigenvalue weighted by Crippen LogP contribution is -2.58. The molecule has 4 nitrogen and oxygen atoms in total. The number of benzene rings is 6. The van der Waals surface area contributed by atoms with Gasteiger partial charge in [0.15, 0.2) is 0 Å². The molecule has 0 N–H and O–H groups in total. The minimum Gasteiger partial charge on any atom is -0.456 e. The molecule has 5 heteroatoms. The monoisotopic (exact) mass is 1100 g/mol. The van der Waals surface area contributed by atoms with Crippen LogP contribution in [-0.2, 0) is 10.8 Å². The van der Waals surface area contributed by atoms with Crippen molar-refractivity contribution in [3.05, 3.63) is 238 Å². The van der Waals surface area contributed by atoms with Crippen LogP contribution in [0.15, 0.2) is 226 Å². The van der Waals surface area contributed by atoms with Crippen LogP contribution in [0.1, 0.15) is 146 Å². The third-order valence-corrected chi connectivity index (χ3v) is 19.4. The van der Waals surface area contributed by atoms with Gasteiger partial charge in [-0.05, 0) is 176 Å². The Morgan fingerprint density at radius 2 is 1.38 bits per heavy atom. The van der Waals surface area contributed by atoms with E-state index in [0.717, 1.165) is 71.5 Å². The molecule has 1 unspecified atom stereocenters. The molecule has 1 aromatic heterocycles. The van der Waals surface area contributed by atoms with E-state index in [1.54, 1.807) is 0 Å². The molecule has 0 radical (unpaired) electrons. The number of anilines is 5. The second-order valence-corrected chi connectivity index (χ2v) is 29.4. The number of allylic oxidation sites excluding steroid dienone is 13. The Bertz CT molecular complexity index is 4130. The molecule has 0 amide bonds. The highest BCUT2D eigenvalue weighted by Crippen LogP contribution is 2.52. The molecule has 0 saturated heterocycles. The number of furan rings is 1. The lowest BCUT2D eigenvalue weighted by Gasteiger charge is -2.49. The van der Waals surface area contributed by atoms with Crippen molar-refractivity contribution in [2.75, 3.05) is 14.7 Å². The fourth-order valence-corrected chi connectivity index (χ4v) is 14.3. The first-order valence-corrected chi connectivity index (χ1v) is 31.0. The second kappa shape index (κ2) is 19.9. The number of hydrogen-bond acceptors (Lipinski definition) is 4. The van der Waals surface area contributed by atoms with E-state index in [1.165, 1.54) is 94.6 Å². The Morgan fingerprint density at radius 1 is 0.655 bits per heavy atom. The first kappa shape index (κ1) is 55.4. The summed E-state index contributed by atoms with van der Waals surface area (Å²) in [6.45, 7) is 38.0. The van der Waals surface area contributed by atoms with E-state index in [9.17, 15) is 0 Å². The van der Waals surface area contributed by atoms with Gasteiger partial charge in [0, 0.05) is 56.2 Å². The fraction of sp³-hybridized carbons (Fsp3) is 0.316. The van der Waals surface area contributed by atoms with E-state index in [0.29, 0.717) is 0 Å². The number of para-hydroxylation sites is 1. The molecule has 6 aromatic carbocycles. The summed E-state index contributed by atoms with van der Waals surface area (Å²) in [7, 11) is 0. The van der Waals surface area contributed by atoms with Crippen LogP contribution in [0.2, 0.25) is 0 Å². The van der Waals surface area contributed by atoms with Crippen molar-refractivity contribution in [2.45, 2.75) is 146 Å². The Morgan fingerprint density at radius 3 is 2.06 bits per heavy atom. The van der Waals surface area contributed by atoms with Crippen molar-refractivity contribution < 1.29 is 4.42 Å². The van der Waals surface area contributed by atoms with Crippen molar-refractivity contribution in [1.29, 1.82) is 0 Å². The molecule has 4 aliphatic carbocycles. The summed E-state index contributed by atoms with van der Waals surface area (Å²) in [6.07, 6.45) is 26.9. The van der Waals surface area contributed by atoms with Crippen molar-refractivity contribution in [1.82, 2.24) is 0 Å². The largest absolute Gasteiger partial charge is 0.456 e. The van der Waals surface area contributed by atoms with Crippen LogP contribution in [0.4, 0.5) is 28.4 Å². The molecule has 0 saturated carbocycles. The van der Waals surface area contributed by atoms with E-state index in [1.807, 2.05) is 6.07 Å². The van der Waals surface area contributed by atoms with Gasteiger partial charge >= 0.3 is 0 Å². The average Bonchev–Trinajstić information content (AvgIpc) is 1.33. The summed E-state index contributed by atoms with van der Waals surface area (Å²) in [4.78, 5) is 8.03. The van der Waals surface area contributed by atoms with Crippen molar-refractivity contribution >= 4 is 73.9 Å². The maximum Gasteiger partial charge on any atom is 0.251 e. The lowest BCUT2D eigenvalue weighted by molar-refractivity contribution is 0.476. The fourth-order valence-electron chi connectivity index (χ4n) is 14.3. The van der Waals surface area contributed by atoms with Crippen LogP contribution in [0.5, 0.6) is 0 Å². The molecule has 3 heterocycles. The first-order valence-electron chi connectivity index (χ1n) is 31.0. The lowest BCUT2D eigenvalue weighted by atomic mass is 9.32. The zero-order chi connectivity index (χ0) is 59.0. The first-order chi connectivity index (χ1) is 39.8. The predicted octanol–water partition coefficient (Wildman–Crippen LogP) is 20.5. The van der Waals surface area contributed by atoms with Gasteiger partial charge in [0.05, 0.1) is 11.7 Å². The van der Waals surface area contributed by atoms with Gasteiger partial charge in [-0.2, -0.15) is 0 Å². The summed E-state index contributed by atoms with van der Waals surface area (Å²) in [6, 6.07) is 45.8. The summed E-state index contributed by atoms with van der Waals surface area (Å²) in [5.41, 5.74) is 25.4. The van der Waals surface area contributed by atoms with Gasteiger partial charge in [-0.15, -0.1) is 0 Å². The number of nitrogens with zero attached hydrogens (tertiary/aromatic N) is 3. The Balaban J connectivity index is 1.07. The van der Waals surface area contributed by atoms with E-state index in [2.05, 4.69) is 282 Å². The molecule has 424 valence electrons. The maximum absolute atomic E-state index is 6.46. The van der Waals surface area contributed by atoms with Gasteiger partial charge in [0.1, 0.15) is 11.3 Å². The van der Waals surface area contributed by atoms with Crippen LogP contribution >= 0.6 is 0 Å². The molecular formula is C79H84BN3O. The third-order valence-electron chi connectivity index (χ3n) is 19.4. The average molecular weight is 1100 g/mol.